The predicted molar refractivity (Wildman–Crippen MR) is 135 cm³/mol. The first-order valence-corrected chi connectivity index (χ1v) is 11.6. The Morgan fingerprint density at radius 2 is 1.97 bits per heavy atom. The van der Waals surface area contributed by atoms with Crippen LogP contribution in [0.2, 0.25) is 0 Å². The summed E-state index contributed by atoms with van der Waals surface area (Å²) in [6, 6.07) is 12.9. The Kier molecular flexibility index (Phi) is 9.29. The molecule has 0 saturated carbocycles. The number of alkyl halides is 3. The molecule has 0 radical (unpaired) electrons. The highest BCUT2D eigenvalue weighted by molar-refractivity contribution is 8.17. The van der Waals surface area contributed by atoms with Gasteiger partial charge in [0.15, 0.2) is 23.0 Å². The molecule has 0 unspecified atom stereocenters. The van der Waals surface area contributed by atoms with E-state index in [1.165, 1.54) is 31.4 Å². The van der Waals surface area contributed by atoms with Gasteiger partial charge in [-0.25, -0.2) is 0 Å². The largest absolute Gasteiger partial charge is 0.493 e. The van der Waals surface area contributed by atoms with Crippen LogP contribution in [0.3, 0.4) is 0 Å². The number of aliphatic imine (C=N–C) groups is 1. The van der Waals surface area contributed by atoms with E-state index >= 15 is 0 Å². The number of thioether (sulfide) groups is 1. The fourth-order valence-corrected chi connectivity index (χ4v) is 3.77. The van der Waals surface area contributed by atoms with Crippen molar-refractivity contribution in [1.82, 2.24) is 4.98 Å². The zero-order valence-electron chi connectivity index (χ0n) is 19.5. The Hall–Kier alpha value is -4.30. The van der Waals surface area contributed by atoms with Gasteiger partial charge in [-0.15, -0.1) is 0 Å². The first kappa shape index (κ1) is 27.3. The lowest BCUT2D eigenvalue weighted by Gasteiger charge is -2.16. The second kappa shape index (κ2) is 12.6. The average Bonchev–Trinajstić information content (AvgIpc) is 2.89. The maximum Gasteiger partial charge on any atom is 0.420 e. The van der Waals surface area contributed by atoms with Crippen LogP contribution in [0.4, 0.5) is 13.2 Å². The van der Waals surface area contributed by atoms with Crippen LogP contribution in [0.15, 0.2) is 70.8 Å². The summed E-state index contributed by atoms with van der Waals surface area (Å²) in [5.41, 5.74) is 6.24. The zero-order valence-corrected chi connectivity index (χ0v) is 20.3. The number of nitrogens with zero attached hydrogens (tertiary/aromatic N) is 3. The number of carbonyl (C=O) groups is 1. The first-order valence-electron chi connectivity index (χ1n) is 10.7. The van der Waals surface area contributed by atoms with Crippen LogP contribution >= 0.6 is 11.8 Å². The van der Waals surface area contributed by atoms with Crippen molar-refractivity contribution in [3.05, 3.63) is 88.1 Å². The standard InChI is InChI=1S/C26H21F3N4O3S/c1-35-24-13-18(11-20(16-34)37-25(31)33-10-8-17-3-2-9-32-15-17)4-7-23(24)36-22-6-5-19(14-30)12-21(22)26(27,28)29/h2-7,9,11-13,15-16H,8,10H2,1H3,(H2,31,33)/b20-11-. The number of ether oxygens (including phenoxy) is 2. The van der Waals surface area contributed by atoms with Gasteiger partial charge in [-0.05, 0) is 71.8 Å². The number of allylic oxidation sites excluding steroid dienone is 1. The molecule has 3 rings (SSSR count). The van der Waals surface area contributed by atoms with Crippen molar-refractivity contribution < 1.29 is 27.4 Å². The Morgan fingerprint density at radius 1 is 1.19 bits per heavy atom. The molecule has 1 heterocycles. The van der Waals surface area contributed by atoms with Gasteiger partial charge in [0.05, 0.1) is 29.2 Å². The van der Waals surface area contributed by atoms with Crippen molar-refractivity contribution in [2.24, 2.45) is 10.7 Å². The van der Waals surface area contributed by atoms with Gasteiger partial charge in [0.2, 0.25) is 0 Å². The number of nitriles is 1. The summed E-state index contributed by atoms with van der Waals surface area (Å²) < 4.78 is 51.2. The van der Waals surface area contributed by atoms with E-state index in [9.17, 15) is 18.0 Å². The molecule has 0 saturated heterocycles. The molecule has 0 fully saturated rings. The number of pyridine rings is 1. The second-order valence-electron chi connectivity index (χ2n) is 7.43. The van der Waals surface area contributed by atoms with E-state index < -0.39 is 17.5 Å². The third kappa shape index (κ3) is 7.85. The second-order valence-corrected chi connectivity index (χ2v) is 8.52. The highest BCUT2D eigenvalue weighted by Crippen LogP contribution is 2.41. The molecule has 190 valence electrons. The number of benzene rings is 2. The summed E-state index contributed by atoms with van der Waals surface area (Å²) in [5.74, 6) is -0.321. The van der Waals surface area contributed by atoms with Crippen LogP contribution in [-0.2, 0) is 17.4 Å². The first-order chi connectivity index (χ1) is 17.7. The summed E-state index contributed by atoms with van der Waals surface area (Å²) in [6.07, 6.45) is 1.49. The molecular formula is C26H21F3N4O3S. The minimum atomic E-state index is -4.73. The van der Waals surface area contributed by atoms with Crippen molar-refractivity contribution in [2.45, 2.75) is 12.6 Å². The van der Waals surface area contributed by atoms with Crippen LogP contribution in [0.25, 0.3) is 6.08 Å². The molecule has 0 aliphatic carbocycles. The van der Waals surface area contributed by atoms with Crippen LogP contribution in [0.1, 0.15) is 22.3 Å². The fraction of sp³-hybridized carbons (Fsp3) is 0.154. The lowest BCUT2D eigenvalue weighted by Crippen LogP contribution is -2.09. The van der Waals surface area contributed by atoms with E-state index in [2.05, 4.69) is 9.98 Å². The number of halogens is 3. The summed E-state index contributed by atoms with van der Waals surface area (Å²) in [7, 11) is 1.33. The van der Waals surface area contributed by atoms with Gasteiger partial charge in [0, 0.05) is 18.9 Å². The maximum absolute atomic E-state index is 13.5. The Bertz CT molecular complexity index is 1350. The smallest absolute Gasteiger partial charge is 0.420 e. The number of aldehydes is 1. The van der Waals surface area contributed by atoms with Crippen LogP contribution < -0.4 is 15.2 Å². The van der Waals surface area contributed by atoms with Gasteiger partial charge >= 0.3 is 6.18 Å². The Morgan fingerprint density at radius 3 is 2.62 bits per heavy atom. The van der Waals surface area contributed by atoms with Crippen LogP contribution in [-0.4, -0.2) is 30.1 Å². The fourth-order valence-electron chi connectivity index (χ4n) is 3.13. The average molecular weight is 527 g/mol. The summed E-state index contributed by atoms with van der Waals surface area (Å²) >= 11 is 0.985. The van der Waals surface area contributed by atoms with E-state index in [1.807, 2.05) is 12.1 Å². The van der Waals surface area contributed by atoms with Gasteiger partial charge in [0.25, 0.3) is 0 Å². The van der Waals surface area contributed by atoms with Crippen molar-refractivity contribution in [1.29, 1.82) is 5.26 Å². The SMILES string of the molecule is COc1cc(/C=C(/C=O)SC(N)=NCCc2cccnc2)ccc1Oc1ccc(C#N)cc1C(F)(F)F. The lowest BCUT2D eigenvalue weighted by atomic mass is 10.1. The molecule has 0 aliphatic rings. The number of nitrogens with two attached hydrogens (primary N) is 1. The number of hydrogen-bond donors (Lipinski definition) is 1. The van der Waals surface area contributed by atoms with Gasteiger partial charge < -0.3 is 15.2 Å². The van der Waals surface area contributed by atoms with Crippen LogP contribution in [0.5, 0.6) is 17.2 Å². The molecule has 0 spiro atoms. The number of methoxy groups -OCH3 is 1. The normalized spacial score (nSPS) is 12.1. The van der Waals surface area contributed by atoms with E-state index in [-0.39, 0.29) is 27.1 Å². The van der Waals surface area contributed by atoms with E-state index in [1.54, 1.807) is 24.5 Å². The van der Waals surface area contributed by atoms with Crippen molar-refractivity contribution >= 4 is 29.3 Å². The highest BCUT2D eigenvalue weighted by atomic mass is 32.2. The van der Waals surface area contributed by atoms with Crippen molar-refractivity contribution in [2.75, 3.05) is 13.7 Å². The third-order valence-electron chi connectivity index (χ3n) is 4.86. The lowest BCUT2D eigenvalue weighted by molar-refractivity contribution is -0.138. The molecule has 0 bridgehead atoms. The van der Waals surface area contributed by atoms with Crippen molar-refractivity contribution in [3.8, 4) is 23.3 Å². The molecule has 37 heavy (non-hydrogen) atoms. The molecule has 7 nitrogen and oxygen atoms in total. The molecule has 3 aromatic rings. The molecular weight excluding hydrogens is 505 g/mol. The third-order valence-corrected chi connectivity index (χ3v) is 5.65. The molecule has 0 aliphatic heterocycles. The number of amidine groups is 1. The summed E-state index contributed by atoms with van der Waals surface area (Å²) in [4.78, 5) is 20.2. The highest BCUT2D eigenvalue weighted by Gasteiger charge is 2.35. The number of aromatic nitrogens is 1. The Balaban J connectivity index is 1.77. The minimum absolute atomic E-state index is 0.0200. The topological polar surface area (TPSA) is 111 Å². The van der Waals surface area contributed by atoms with Gasteiger partial charge in [0.1, 0.15) is 5.75 Å². The predicted octanol–water partition coefficient (Wildman–Crippen LogP) is 5.60. The zero-order chi connectivity index (χ0) is 26.8. The molecule has 1 aromatic heterocycles. The summed E-state index contributed by atoms with van der Waals surface area (Å²) in [5, 5.41) is 9.13. The quantitative estimate of drug-likeness (QED) is 0.167. The number of hydrogen-bond acceptors (Lipinski definition) is 7. The molecule has 0 atom stereocenters. The van der Waals surface area contributed by atoms with E-state index in [4.69, 9.17) is 20.5 Å². The van der Waals surface area contributed by atoms with E-state index in [0.717, 1.165) is 29.5 Å². The van der Waals surface area contributed by atoms with Crippen molar-refractivity contribution in [3.63, 3.8) is 0 Å². The van der Waals surface area contributed by atoms with E-state index in [0.29, 0.717) is 24.8 Å². The monoisotopic (exact) mass is 526 g/mol. The Labute approximate surface area is 215 Å². The minimum Gasteiger partial charge on any atom is -0.493 e. The van der Waals surface area contributed by atoms with Gasteiger partial charge in [-0.2, -0.15) is 18.4 Å². The molecule has 2 N–H and O–H groups in total. The molecule has 2 aromatic carbocycles. The van der Waals surface area contributed by atoms with Gasteiger partial charge in [-0.1, -0.05) is 12.1 Å². The van der Waals surface area contributed by atoms with Gasteiger partial charge in [-0.3, -0.25) is 14.8 Å². The molecule has 0 amide bonds. The maximum atomic E-state index is 13.5. The number of rotatable bonds is 9. The number of carbonyl (C=O) groups excluding carboxylic acids is 1. The molecule has 11 heteroatoms. The summed E-state index contributed by atoms with van der Waals surface area (Å²) in [6.45, 7) is 0.422. The van der Waals surface area contributed by atoms with Crippen LogP contribution in [0, 0.1) is 11.3 Å².